The molecular weight excluding hydrogens is 878 g/mol. The first-order chi connectivity index (χ1) is 35.8. The van der Waals surface area contributed by atoms with Crippen LogP contribution in [0.4, 0.5) is 68.6 Å². The maximum atomic E-state index is 5.43. The summed E-state index contributed by atoms with van der Waals surface area (Å²) >= 11 is 0. The van der Waals surface area contributed by atoms with Gasteiger partial charge in [0.2, 0.25) is 0 Å². The molecule has 0 aliphatic carbocycles. The largest absolute Gasteiger partial charge is 0.311 e. The molecule has 0 bridgehead atoms. The molecule has 7 heterocycles. The zero-order valence-electron chi connectivity index (χ0n) is 38.8. The molecule has 0 unspecified atom stereocenters. The van der Waals surface area contributed by atoms with Gasteiger partial charge in [0.25, 0.3) is 13.4 Å². The lowest BCUT2D eigenvalue weighted by atomic mass is 9.30. The Bertz CT molecular complexity index is 3860. The number of anilines is 12. The van der Waals surface area contributed by atoms with Gasteiger partial charge >= 0.3 is 0 Å². The Morgan fingerprint density at radius 2 is 0.806 bits per heavy atom. The number of nitrogens with zero attached hydrogens (tertiary/aromatic N) is 8. The number of aromatic nitrogens is 4. The van der Waals surface area contributed by atoms with E-state index in [4.69, 9.17) is 19.9 Å². The average molecular weight is 919 g/mol. The van der Waals surface area contributed by atoms with Gasteiger partial charge in [-0.1, -0.05) is 158 Å². The summed E-state index contributed by atoms with van der Waals surface area (Å²) in [6.07, 6.45) is 7.61. The van der Waals surface area contributed by atoms with Crippen molar-refractivity contribution in [2.45, 2.75) is 0 Å². The molecule has 3 aromatic heterocycles. The average Bonchev–Trinajstić information content (AvgIpc) is 3.45. The predicted molar refractivity (Wildman–Crippen MR) is 297 cm³/mol. The van der Waals surface area contributed by atoms with E-state index in [9.17, 15) is 0 Å². The molecule has 334 valence electrons. The summed E-state index contributed by atoms with van der Waals surface area (Å²) in [6, 6.07) is 78.5. The first-order valence-corrected chi connectivity index (χ1v) is 24.4. The van der Waals surface area contributed by atoms with Crippen LogP contribution in [0.15, 0.2) is 243 Å². The molecule has 0 atom stereocenters. The number of para-hydroxylation sites is 5. The molecule has 72 heavy (non-hydrogen) atoms. The fourth-order valence-electron chi connectivity index (χ4n) is 12.0. The lowest BCUT2D eigenvalue weighted by Gasteiger charge is -2.46. The molecule has 0 amide bonds. The van der Waals surface area contributed by atoms with Crippen molar-refractivity contribution < 1.29 is 0 Å². The number of fused-ring (bicyclic) bond motifs is 8. The second-order valence-electron chi connectivity index (χ2n) is 18.6. The van der Waals surface area contributed by atoms with Crippen LogP contribution in [0.3, 0.4) is 0 Å². The Kier molecular flexibility index (Phi) is 8.98. The van der Waals surface area contributed by atoms with Crippen molar-refractivity contribution in [2.24, 2.45) is 0 Å². The highest BCUT2D eigenvalue weighted by Crippen LogP contribution is 2.50. The van der Waals surface area contributed by atoms with Crippen LogP contribution >= 0.6 is 0 Å². The third kappa shape index (κ3) is 5.89. The summed E-state index contributed by atoms with van der Waals surface area (Å²) in [5, 5.41) is 0. The number of rotatable bonds is 6. The molecule has 4 aliphatic heterocycles. The van der Waals surface area contributed by atoms with E-state index in [2.05, 4.69) is 232 Å². The molecule has 0 saturated heterocycles. The van der Waals surface area contributed by atoms with Crippen LogP contribution in [0.2, 0.25) is 0 Å². The maximum absolute atomic E-state index is 5.43. The minimum Gasteiger partial charge on any atom is -0.311 e. The Balaban J connectivity index is 1.04. The standard InChI is InChI=1S/C62H40B2N8/c1-6-19-41(20-7-1)46-29-18-30-47(42-21-8-2-9-22-42)59(46)72-52-32-17-16-31-48(52)63-50-37-49-55(38-56(50)70(44-25-12-4-13-26-44)61-58(63)54(72)34-36-66-61)69(43-23-10-3-11-24-43)53-33-35-67-62-57(53)64(49)51-39-65-40-68-60(51)71(62)45-27-14-5-15-28-45/h1-40H. The highest BCUT2D eigenvalue weighted by Gasteiger charge is 2.49. The van der Waals surface area contributed by atoms with Crippen LogP contribution in [-0.2, 0) is 0 Å². The summed E-state index contributed by atoms with van der Waals surface area (Å²) in [5.41, 5.74) is 21.0. The van der Waals surface area contributed by atoms with Crippen LogP contribution < -0.4 is 52.4 Å². The van der Waals surface area contributed by atoms with E-state index in [1.165, 1.54) is 10.9 Å². The van der Waals surface area contributed by atoms with Gasteiger partial charge in [-0.05, 0) is 105 Å². The molecule has 11 aromatic rings. The molecule has 8 nitrogen and oxygen atoms in total. The van der Waals surface area contributed by atoms with Crippen LogP contribution in [0, 0.1) is 0 Å². The van der Waals surface area contributed by atoms with Crippen molar-refractivity contribution in [2.75, 3.05) is 19.6 Å². The van der Waals surface area contributed by atoms with Gasteiger partial charge in [0.05, 0.1) is 5.69 Å². The molecule has 0 fully saturated rings. The lowest BCUT2D eigenvalue weighted by Crippen LogP contribution is -2.65. The van der Waals surface area contributed by atoms with Gasteiger partial charge in [-0.2, -0.15) is 0 Å². The van der Waals surface area contributed by atoms with E-state index in [0.29, 0.717) is 0 Å². The minimum absolute atomic E-state index is 0.184. The quantitative estimate of drug-likeness (QED) is 0.153. The fourth-order valence-corrected chi connectivity index (χ4v) is 12.0. The SMILES string of the molecule is c1ccc(-c2cccc(-c3ccccc3)c2N2c3ccccc3B3c4cc5c(cc4N(c4ccccc4)c4nccc2c43)N(c2ccccc2)c2ccnc3c2B5c2cncnc2N3c2ccccc2)cc1. The van der Waals surface area contributed by atoms with Crippen molar-refractivity contribution >= 4 is 115 Å². The lowest BCUT2D eigenvalue weighted by molar-refractivity contribution is 1.09. The molecule has 0 N–H and O–H groups in total. The monoisotopic (exact) mass is 918 g/mol. The fraction of sp³-hybridized carbons (Fsp3) is 0. The predicted octanol–water partition coefficient (Wildman–Crippen LogP) is 10.8. The summed E-state index contributed by atoms with van der Waals surface area (Å²) < 4.78 is 0. The number of benzene rings is 8. The summed E-state index contributed by atoms with van der Waals surface area (Å²) in [4.78, 5) is 30.0. The van der Waals surface area contributed by atoms with E-state index in [-0.39, 0.29) is 13.4 Å². The van der Waals surface area contributed by atoms with Gasteiger partial charge in [-0.3, -0.25) is 9.80 Å². The third-order valence-corrected chi connectivity index (χ3v) is 14.9. The number of pyridine rings is 2. The van der Waals surface area contributed by atoms with Crippen LogP contribution in [0.25, 0.3) is 22.3 Å². The minimum atomic E-state index is -0.235. The first kappa shape index (κ1) is 40.4. The Hall–Kier alpha value is -9.53. The van der Waals surface area contributed by atoms with Crippen molar-refractivity contribution in [3.05, 3.63) is 243 Å². The van der Waals surface area contributed by atoms with Crippen LogP contribution in [0.5, 0.6) is 0 Å². The zero-order valence-corrected chi connectivity index (χ0v) is 38.8. The van der Waals surface area contributed by atoms with E-state index >= 15 is 0 Å². The molecular formula is C62H40B2N8. The van der Waals surface area contributed by atoms with Gasteiger partial charge < -0.3 is 9.80 Å². The Morgan fingerprint density at radius 1 is 0.319 bits per heavy atom. The van der Waals surface area contributed by atoms with Crippen LogP contribution in [0.1, 0.15) is 0 Å². The molecule has 0 radical (unpaired) electrons. The van der Waals surface area contributed by atoms with Crippen molar-refractivity contribution in [1.82, 2.24) is 19.9 Å². The molecule has 10 heteroatoms. The van der Waals surface area contributed by atoms with Crippen molar-refractivity contribution in [1.29, 1.82) is 0 Å². The Labute approximate surface area is 418 Å². The zero-order chi connectivity index (χ0) is 47.3. The highest BCUT2D eigenvalue weighted by atomic mass is 15.3. The Morgan fingerprint density at radius 3 is 1.42 bits per heavy atom. The van der Waals surface area contributed by atoms with Crippen LogP contribution in [-0.4, -0.2) is 33.4 Å². The molecule has 0 saturated carbocycles. The summed E-state index contributed by atoms with van der Waals surface area (Å²) in [6.45, 7) is -0.419. The second kappa shape index (κ2) is 16.0. The van der Waals surface area contributed by atoms with Gasteiger partial charge in [-0.15, -0.1) is 0 Å². The molecule has 0 spiro atoms. The molecule has 4 aliphatic rings. The second-order valence-corrected chi connectivity index (χ2v) is 18.6. The van der Waals surface area contributed by atoms with Gasteiger partial charge in [0.1, 0.15) is 23.8 Å². The van der Waals surface area contributed by atoms with Crippen molar-refractivity contribution in [3.8, 4) is 22.3 Å². The van der Waals surface area contributed by atoms with E-state index < -0.39 is 0 Å². The van der Waals surface area contributed by atoms with E-state index in [1.807, 2.05) is 24.7 Å². The molecule has 15 rings (SSSR count). The summed E-state index contributed by atoms with van der Waals surface area (Å²) in [5.74, 6) is 2.58. The van der Waals surface area contributed by atoms with Crippen molar-refractivity contribution in [3.63, 3.8) is 0 Å². The smallest absolute Gasteiger partial charge is 0.258 e. The van der Waals surface area contributed by atoms with E-state index in [1.54, 1.807) is 6.33 Å². The highest BCUT2D eigenvalue weighted by molar-refractivity contribution is 7.03. The third-order valence-electron chi connectivity index (χ3n) is 14.9. The topological polar surface area (TPSA) is 64.5 Å². The normalized spacial score (nSPS) is 13.4. The van der Waals surface area contributed by atoms with Gasteiger partial charge in [-0.25, -0.2) is 19.9 Å². The summed E-state index contributed by atoms with van der Waals surface area (Å²) in [7, 11) is 0. The van der Waals surface area contributed by atoms with Gasteiger partial charge in [0, 0.05) is 75.2 Å². The number of hydrogen-bond acceptors (Lipinski definition) is 8. The number of hydrogen-bond donors (Lipinski definition) is 0. The van der Waals surface area contributed by atoms with E-state index in [0.717, 1.165) is 113 Å². The first-order valence-electron chi connectivity index (χ1n) is 24.4. The molecule has 8 aromatic carbocycles. The van der Waals surface area contributed by atoms with Gasteiger partial charge in [0.15, 0.2) is 0 Å². The maximum Gasteiger partial charge on any atom is 0.258 e.